The van der Waals surface area contributed by atoms with Gasteiger partial charge >= 0.3 is 0 Å². The average molecular weight is 180 g/mol. The third kappa shape index (κ3) is 2.43. The molecular weight excluding hydrogens is 160 g/mol. The first-order valence-corrected chi connectivity index (χ1v) is 5.13. The highest BCUT2D eigenvalue weighted by atomic mass is 16.1. The zero-order chi connectivity index (χ0) is 10.1. The van der Waals surface area contributed by atoms with Crippen LogP contribution in [0.4, 0.5) is 0 Å². The minimum Gasteiger partial charge on any atom is -0.295 e. The molecule has 1 heteroatoms. The SMILES string of the molecule is C/C=C1\CC(C(C)(C)C)CCC1=O. The van der Waals surface area contributed by atoms with E-state index >= 15 is 0 Å². The number of rotatable bonds is 0. The number of allylic oxidation sites excluding steroid dienone is 2. The van der Waals surface area contributed by atoms with Gasteiger partial charge < -0.3 is 0 Å². The van der Waals surface area contributed by atoms with Crippen molar-refractivity contribution in [3.8, 4) is 0 Å². The zero-order valence-electron chi connectivity index (χ0n) is 9.18. The molecule has 1 aliphatic carbocycles. The molecule has 74 valence electrons. The Bertz CT molecular complexity index is 230. The van der Waals surface area contributed by atoms with E-state index in [-0.39, 0.29) is 0 Å². The fourth-order valence-electron chi connectivity index (χ4n) is 1.97. The summed E-state index contributed by atoms with van der Waals surface area (Å²) in [6.07, 6.45) is 4.79. The van der Waals surface area contributed by atoms with Crippen LogP contribution in [0.15, 0.2) is 11.6 Å². The van der Waals surface area contributed by atoms with Crippen molar-refractivity contribution in [2.24, 2.45) is 11.3 Å². The van der Waals surface area contributed by atoms with Gasteiger partial charge in [-0.1, -0.05) is 26.8 Å². The Morgan fingerprint density at radius 2 is 2.00 bits per heavy atom. The van der Waals surface area contributed by atoms with Gasteiger partial charge in [0.1, 0.15) is 0 Å². The highest BCUT2D eigenvalue weighted by molar-refractivity contribution is 5.95. The second-order valence-corrected chi connectivity index (χ2v) is 5.04. The second kappa shape index (κ2) is 3.65. The van der Waals surface area contributed by atoms with Crippen LogP contribution in [-0.4, -0.2) is 5.78 Å². The van der Waals surface area contributed by atoms with Gasteiger partial charge in [0.05, 0.1) is 0 Å². The van der Waals surface area contributed by atoms with E-state index in [0.717, 1.165) is 24.8 Å². The van der Waals surface area contributed by atoms with Gasteiger partial charge in [-0.3, -0.25) is 4.79 Å². The van der Waals surface area contributed by atoms with Gasteiger partial charge in [0.2, 0.25) is 0 Å². The van der Waals surface area contributed by atoms with Gasteiger partial charge in [-0.2, -0.15) is 0 Å². The summed E-state index contributed by atoms with van der Waals surface area (Å²) in [5, 5.41) is 0. The molecular formula is C12H20O. The third-order valence-electron chi connectivity index (χ3n) is 3.12. The first-order valence-electron chi connectivity index (χ1n) is 5.13. The van der Waals surface area contributed by atoms with Gasteiger partial charge in [0, 0.05) is 6.42 Å². The van der Waals surface area contributed by atoms with E-state index in [9.17, 15) is 4.79 Å². The molecule has 1 aliphatic rings. The molecule has 1 atom stereocenters. The van der Waals surface area contributed by atoms with Crippen molar-refractivity contribution in [1.29, 1.82) is 0 Å². The number of carbonyl (C=O) groups is 1. The molecule has 0 saturated heterocycles. The number of ketones is 1. The van der Waals surface area contributed by atoms with Crippen LogP contribution in [0.5, 0.6) is 0 Å². The maximum absolute atomic E-state index is 11.4. The summed E-state index contributed by atoms with van der Waals surface area (Å²) in [7, 11) is 0. The molecule has 0 amide bonds. The minimum absolute atomic E-state index is 0.342. The normalized spacial score (nSPS) is 28.2. The molecule has 1 unspecified atom stereocenters. The van der Waals surface area contributed by atoms with Gasteiger partial charge in [0.25, 0.3) is 0 Å². The predicted molar refractivity (Wildman–Crippen MR) is 55.6 cm³/mol. The van der Waals surface area contributed by atoms with Crippen LogP contribution in [0.1, 0.15) is 47.0 Å². The van der Waals surface area contributed by atoms with E-state index in [4.69, 9.17) is 0 Å². The summed E-state index contributed by atoms with van der Waals surface area (Å²) in [6.45, 7) is 8.76. The summed E-state index contributed by atoms with van der Waals surface area (Å²) in [6, 6.07) is 0. The van der Waals surface area contributed by atoms with Crippen LogP contribution in [0.25, 0.3) is 0 Å². The van der Waals surface area contributed by atoms with Crippen molar-refractivity contribution in [3.63, 3.8) is 0 Å². The van der Waals surface area contributed by atoms with E-state index in [1.807, 2.05) is 13.0 Å². The lowest BCUT2D eigenvalue weighted by Crippen LogP contribution is -2.27. The molecule has 0 aliphatic heterocycles. The fraction of sp³-hybridized carbons (Fsp3) is 0.750. The number of hydrogen-bond acceptors (Lipinski definition) is 1. The molecule has 0 aromatic rings. The topological polar surface area (TPSA) is 17.1 Å². The highest BCUT2D eigenvalue weighted by Gasteiger charge is 2.30. The van der Waals surface area contributed by atoms with Crippen molar-refractivity contribution in [1.82, 2.24) is 0 Å². The van der Waals surface area contributed by atoms with Gasteiger partial charge in [0.15, 0.2) is 5.78 Å². The quantitative estimate of drug-likeness (QED) is 0.522. The highest BCUT2D eigenvalue weighted by Crippen LogP contribution is 2.38. The summed E-state index contributed by atoms with van der Waals surface area (Å²) < 4.78 is 0. The molecule has 0 aromatic carbocycles. The molecule has 1 saturated carbocycles. The number of Topliss-reactive ketones (excluding diaryl/α,β-unsaturated/α-hetero) is 1. The zero-order valence-corrected chi connectivity index (χ0v) is 9.18. The Balaban J connectivity index is 2.71. The molecule has 0 radical (unpaired) electrons. The lowest BCUT2D eigenvalue weighted by molar-refractivity contribution is -0.117. The lowest BCUT2D eigenvalue weighted by atomic mass is 9.70. The molecule has 0 spiro atoms. The molecule has 0 heterocycles. The Morgan fingerprint density at radius 3 is 2.46 bits per heavy atom. The van der Waals surface area contributed by atoms with Crippen LogP contribution in [0.3, 0.4) is 0 Å². The van der Waals surface area contributed by atoms with Gasteiger partial charge in [-0.25, -0.2) is 0 Å². The van der Waals surface area contributed by atoms with Crippen molar-refractivity contribution >= 4 is 5.78 Å². The van der Waals surface area contributed by atoms with E-state index in [2.05, 4.69) is 20.8 Å². The Kier molecular flexibility index (Phi) is 2.94. The summed E-state index contributed by atoms with van der Waals surface area (Å²) in [5.74, 6) is 1.04. The maximum atomic E-state index is 11.4. The second-order valence-electron chi connectivity index (χ2n) is 5.04. The Morgan fingerprint density at radius 1 is 1.38 bits per heavy atom. The summed E-state index contributed by atoms with van der Waals surface area (Å²) in [5.41, 5.74) is 1.39. The maximum Gasteiger partial charge on any atom is 0.158 e. The third-order valence-corrected chi connectivity index (χ3v) is 3.12. The van der Waals surface area contributed by atoms with Crippen LogP contribution < -0.4 is 0 Å². The van der Waals surface area contributed by atoms with Crippen molar-refractivity contribution in [2.75, 3.05) is 0 Å². The largest absolute Gasteiger partial charge is 0.295 e. The molecule has 0 N–H and O–H groups in total. The first-order chi connectivity index (χ1) is 5.95. The standard InChI is InChI=1S/C12H20O/c1-5-9-8-10(12(2,3)4)6-7-11(9)13/h5,10H,6-8H2,1-4H3/b9-5+. The molecule has 1 fully saturated rings. The smallest absolute Gasteiger partial charge is 0.158 e. The van der Waals surface area contributed by atoms with Crippen molar-refractivity contribution in [2.45, 2.75) is 47.0 Å². The first kappa shape index (κ1) is 10.5. The minimum atomic E-state index is 0.342. The fourth-order valence-corrected chi connectivity index (χ4v) is 1.97. The Hall–Kier alpha value is -0.590. The van der Waals surface area contributed by atoms with Crippen molar-refractivity contribution < 1.29 is 4.79 Å². The summed E-state index contributed by atoms with van der Waals surface area (Å²) in [4.78, 5) is 11.4. The predicted octanol–water partition coefficient (Wildman–Crippen LogP) is 3.35. The summed E-state index contributed by atoms with van der Waals surface area (Å²) >= 11 is 0. The molecule has 0 aromatic heterocycles. The van der Waals surface area contributed by atoms with E-state index in [0.29, 0.717) is 17.1 Å². The van der Waals surface area contributed by atoms with Crippen LogP contribution >= 0.6 is 0 Å². The molecule has 1 nitrogen and oxygen atoms in total. The van der Waals surface area contributed by atoms with E-state index in [1.54, 1.807) is 0 Å². The van der Waals surface area contributed by atoms with E-state index in [1.165, 1.54) is 0 Å². The monoisotopic (exact) mass is 180 g/mol. The molecule has 1 rings (SSSR count). The van der Waals surface area contributed by atoms with Gasteiger partial charge in [-0.05, 0) is 36.7 Å². The number of carbonyl (C=O) groups excluding carboxylic acids is 1. The molecule has 13 heavy (non-hydrogen) atoms. The van der Waals surface area contributed by atoms with Crippen molar-refractivity contribution in [3.05, 3.63) is 11.6 Å². The average Bonchev–Trinajstić information content (AvgIpc) is 2.03. The molecule has 0 bridgehead atoms. The lowest BCUT2D eigenvalue weighted by Gasteiger charge is -2.34. The number of hydrogen-bond donors (Lipinski definition) is 0. The van der Waals surface area contributed by atoms with Gasteiger partial charge in [-0.15, -0.1) is 0 Å². The van der Waals surface area contributed by atoms with Crippen LogP contribution in [0.2, 0.25) is 0 Å². The van der Waals surface area contributed by atoms with Crippen LogP contribution in [-0.2, 0) is 4.79 Å². The Labute approximate surface area is 81.2 Å². The van der Waals surface area contributed by atoms with E-state index < -0.39 is 0 Å². The van der Waals surface area contributed by atoms with Crippen LogP contribution in [0, 0.1) is 11.3 Å².